The van der Waals surface area contributed by atoms with E-state index in [1.54, 1.807) is 0 Å². The van der Waals surface area contributed by atoms with Crippen LogP contribution in [0.2, 0.25) is 0 Å². The zero-order chi connectivity index (χ0) is 12.5. The summed E-state index contributed by atoms with van der Waals surface area (Å²) in [5.41, 5.74) is 0. The van der Waals surface area contributed by atoms with Gasteiger partial charge in [0.2, 0.25) is 0 Å². The number of nitrogens with zero attached hydrogens (tertiary/aromatic N) is 2. The van der Waals surface area contributed by atoms with Crippen molar-refractivity contribution in [3.63, 3.8) is 0 Å². The SMILES string of the molecule is CCCCN(CCCl)CC1CN(CC)CCO1. The van der Waals surface area contributed by atoms with Crippen LogP contribution in [0.4, 0.5) is 0 Å². The standard InChI is InChI=1S/C13H27ClN2O/c1-3-5-7-16(8-6-14)12-13-11-15(4-2)9-10-17-13/h13H,3-12H2,1-2H3. The van der Waals surface area contributed by atoms with Gasteiger partial charge in [-0.1, -0.05) is 20.3 Å². The van der Waals surface area contributed by atoms with Gasteiger partial charge in [0.05, 0.1) is 12.7 Å². The predicted molar refractivity (Wildman–Crippen MR) is 73.9 cm³/mol. The molecule has 1 saturated heterocycles. The van der Waals surface area contributed by atoms with Gasteiger partial charge in [-0.25, -0.2) is 0 Å². The van der Waals surface area contributed by atoms with E-state index in [2.05, 4.69) is 23.6 Å². The van der Waals surface area contributed by atoms with Crippen molar-refractivity contribution in [3.05, 3.63) is 0 Å². The molecule has 1 rings (SSSR count). The molecule has 1 heterocycles. The van der Waals surface area contributed by atoms with E-state index in [-0.39, 0.29) is 0 Å². The summed E-state index contributed by atoms with van der Waals surface area (Å²) in [7, 11) is 0. The first-order valence-corrected chi connectivity index (χ1v) is 7.45. The number of morpholine rings is 1. The van der Waals surface area contributed by atoms with Crippen molar-refractivity contribution in [3.8, 4) is 0 Å². The summed E-state index contributed by atoms with van der Waals surface area (Å²) in [6, 6.07) is 0. The lowest BCUT2D eigenvalue weighted by molar-refractivity contribution is -0.0412. The number of ether oxygens (including phenoxy) is 1. The highest BCUT2D eigenvalue weighted by molar-refractivity contribution is 6.18. The van der Waals surface area contributed by atoms with Crippen LogP contribution < -0.4 is 0 Å². The van der Waals surface area contributed by atoms with E-state index in [1.165, 1.54) is 12.8 Å². The Morgan fingerprint density at radius 1 is 1.35 bits per heavy atom. The summed E-state index contributed by atoms with van der Waals surface area (Å²) in [5, 5.41) is 0. The van der Waals surface area contributed by atoms with Crippen molar-refractivity contribution >= 4 is 11.6 Å². The summed E-state index contributed by atoms with van der Waals surface area (Å²) in [6.45, 7) is 11.8. The molecule has 1 aliphatic heterocycles. The Balaban J connectivity index is 2.31. The second-order valence-corrected chi connectivity index (χ2v) is 5.11. The largest absolute Gasteiger partial charge is 0.374 e. The summed E-state index contributed by atoms with van der Waals surface area (Å²) in [4.78, 5) is 4.91. The van der Waals surface area contributed by atoms with Gasteiger partial charge < -0.3 is 4.74 Å². The summed E-state index contributed by atoms with van der Waals surface area (Å²) < 4.78 is 5.84. The molecule has 3 nitrogen and oxygen atoms in total. The third-order valence-corrected chi connectivity index (χ3v) is 3.53. The van der Waals surface area contributed by atoms with Gasteiger partial charge in [0, 0.05) is 32.1 Å². The summed E-state index contributed by atoms with van der Waals surface area (Å²) in [6.07, 6.45) is 2.86. The van der Waals surface area contributed by atoms with Crippen LogP contribution in [0.25, 0.3) is 0 Å². The van der Waals surface area contributed by atoms with Gasteiger partial charge in [0.25, 0.3) is 0 Å². The first kappa shape index (κ1) is 15.2. The Morgan fingerprint density at radius 2 is 2.18 bits per heavy atom. The molecule has 4 heteroatoms. The van der Waals surface area contributed by atoms with Gasteiger partial charge in [0.1, 0.15) is 0 Å². The minimum absolute atomic E-state index is 0.365. The molecule has 17 heavy (non-hydrogen) atoms. The van der Waals surface area contributed by atoms with Gasteiger partial charge in [0.15, 0.2) is 0 Å². The monoisotopic (exact) mass is 262 g/mol. The molecule has 0 aromatic rings. The molecule has 1 aliphatic rings. The zero-order valence-corrected chi connectivity index (χ0v) is 12.1. The quantitative estimate of drug-likeness (QED) is 0.623. The van der Waals surface area contributed by atoms with E-state index < -0.39 is 0 Å². The minimum atomic E-state index is 0.365. The third kappa shape index (κ3) is 6.05. The van der Waals surface area contributed by atoms with Crippen molar-refractivity contribution in [1.82, 2.24) is 9.80 Å². The third-order valence-electron chi connectivity index (χ3n) is 3.36. The first-order chi connectivity index (χ1) is 8.30. The normalized spacial score (nSPS) is 22.2. The first-order valence-electron chi connectivity index (χ1n) is 6.92. The van der Waals surface area contributed by atoms with Crippen LogP contribution in [0, 0.1) is 0 Å². The van der Waals surface area contributed by atoms with Gasteiger partial charge >= 0.3 is 0 Å². The maximum Gasteiger partial charge on any atom is 0.0829 e. The zero-order valence-electron chi connectivity index (χ0n) is 11.3. The number of unbranched alkanes of at least 4 members (excludes halogenated alkanes) is 1. The Labute approximate surface area is 111 Å². The number of halogens is 1. The van der Waals surface area contributed by atoms with E-state index in [1.807, 2.05) is 0 Å². The van der Waals surface area contributed by atoms with Crippen molar-refractivity contribution in [2.24, 2.45) is 0 Å². The number of alkyl halides is 1. The van der Waals surface area contributed by atoms with Crippen molar-refractivity contribution in [2.75, 3.05) is 51.8 Å². The fourth-order valence-electron chi connectivity index (χ4n) is 2.26. The Hall–Kier alpha value is 0.170. The lowest BCUT2D eigenvalue weighted by Gasteiger charge is -2.35. The molecule has 102 valence electrons. The average Bonchev–Trinajstić information content (AvgIpc) is 2.36. The molecule has 1 fully saturated rings. The maximum atomic E-state index is 5.86. The Bertz CT molecular complexity index is 190. The average molecular weight is 263 g/mol. The highest BCUT2D eigenvalue weighted by atomic mass is 35.5. The molecule has 0 N–H and O–H groups in total. The molecular formula is C13H27ClN2O. The summed E-state index contributed by atoms with van der Waals surface area (Å²) >= 11 is 5.86. The minimum Gasteiger partial charge on any atom is -0.374 e. The summed E-state index contributed by atoms with van der Waals surface area (Å²) in [5.74, 6) is 0.716. The van der Waals surface area contributed by atoms with Crippen LogP contribution in [0.15, 0.2) is 0 Å². The van der Waals surface area contributed by atoms with E-state index in [4.69, 9.17) is 16.3 Å². The highest BCUT2D eigenvalue weighted by Gasteiger charge is 2.21. The number of hydrogen-bond donors (Lipinski definition) is 0. The van der Waals surface area contributed by atoms with Gasteiger partial charge in [-0.2, -0.15) is 0 Å². The second-order valence-electron chi connectivity index (χ2n) is 4.73. The van der Waals surface area contributed by atoms with E-state index >= 15 is 0 Å². The number of likely N-dealkylation sites (N-methyl/N-ethyl adjacent to an activating group) is 1. The Kier molecular flexibility index (Phi) is 8.19. The molecule has 0 spiro atoms. The molecule has 0 aromatic carbocycles. The fraction of sp³-hybridized carbons (Fsp3) is 1.00. The van der Waals surface area contributed by atoms with Gasteiger partial charge in [-0.05, 0) is 19.5 Å². The van der Waals surface area contributed by atoms with Crippen LogP contribution in [-0.4, -0.2) is 67.7 Å². The van der Waals surface area contributed by atoms with E-state index in [0.29, 0.717) is 12.0 Å². The molecule has 1 atom stereocenters. The van der Waals surface area contributed by atoms with Gasteiger partial charge in [-0.3, -0.25) is 9.80 Å². The lowest BCUT2D eigenvalue weighted by atomic mass is 10.2. The molecule has 0 aliphatic carbocycles. The van der Waals surface area contributed by atoms with E-state index in [9.17, 15) is 0 Å². The maximum absolute atomic E-state index is 5.86. The van der Waals surface area contributed by atoms with Crippen LogP contribution in [0.5, 0.6) is 0 Å². The molecule has 0 saturated carbocycles. The van der Waals surface area contributed by atoms with E-state index in [0.717, 1.165) is 45.9 Å². The van der Waals surface area contributed by atoms with Crippen molar-refractivity contribution < 1.29 is 4.74 Å². The molecule has 0 amide bonds. The van der Waals surface area contributed by atoms with Crippen molar-refractivity contribution in [1.29, 1.82) is 0 Å². The van der Waals surface area contributed by atoms with Crippen LogP contribution in [0.1, 0.15) is 26.7 Å². The molecule has 0 bridgehead atoms. The topological polar surface area (TPSA) is 15.7 Å². The van der Waals surface area contributed by atoms with Crippen molar-refractivity contribution in [2.45, 2.75) is 32.8 Å². The van der Waals surface area contributed by atoms with Gasteiger partial charge in [-0.15, -0.1) is 11.6 Å². The fourth-order valence-corrected chi connectivity index (χ4v) is 2.50. The molecule has 0 radical (unpaired) electrons. The molecule has 0 aromatic heterocycles. The van der Waals surface area contributed by atoms with Crippen LogP contribution >= 0.6 is 11.6 Å². The second kappa shape index (κ2) is 9.15. The van der Waals surface area contributed by atoms with Crippen LogP contribution in [0.3, 0.4) is 0 Å². The predicted octanol–water partition coefficient (Wildman–Crippen LogP) is 2.05. The van der Waals surface area contributed by atoms with Crippen LogP contribution in [-0.2, 0) is 4.74 Å². The lowest BCUT2D eigenvalue weighted by Crippen LogP contribution is -2.47. The number of hydrogen-bond acceptors (Lipinski definition) is 3. The molecule has 1 unspecified atom stereocenters. The highest BCUT2D eigenvalue weighted by Crippen LogP contribution is 2.08. The smallest absolute Gasteiger partial charge is 0.0829 e. The molecular weight excluding hydrogens is 236 g/mol. The Morgan fingerprint density at radius 3 is 2.82 bits per heavy atom. The number of rotatable bonds is 8.